The molecule has 0 spiro atoms. The van der Waals surface area contributed by atoms with E-state index in [0.717, 1.165) is 4.47 Å². The molecular formula is C14H18BrClO3. The molecule has 0 radical (unpaired) electrons. The van der Waals surface area contributed by atoms with Gasteiger partial charge in [-0.1, -0.05) is 41.4 Å². The van der Waals surface area contributed by atoms with Crippen LogP contribution in [0.4, 0.5) is 0 Å². The number of aliphatic hydroxyl groups is 1. The largest absolute Gasteiger partial charge is 0.466 e. The normalized spacial score (nSPS) is 14.3. The molecule has 3 nitrogen and oxygen atoms in total. The summed E-state index contributed by atoms with van der Waals surface area (Å²) in [6, 6.07) is 5.20. The zero-order valence-corrected chi connectivity index (χ0v) is 13.5. The molecule has 19 heavy (non-hydrogen) atoms. The lowest BCUT2D eigenvalue weighted by molar-refractivity contribution is -0.154. The Kier molecular flexibility index (Phi) is 6.30. The van der Waals surface area contributed by atoms with Gasteiger partial charge in [-0.15, -0.1) is 0 Å². The van der Waals surface area contributed by atoms with E-state index >= 15 is 0 Å². The van der Waals surface area contributed by atoms with Gasteiger partial charge in [-0.05, 0) is 31.0 Å². The summed E-state index contributed by atoms with van der Waals surface area (Å²) in [6.07, 6.45) is -0.982. The summed E-state index contributed by atoms with van der Waals surface area (Å²) in [4.78, 5) is 12.0. The summed E-state index contributed by atoms with van der Waals surface area (Å²) >= 11 is 9.42. The molecule has 0 saturated carbocycles. The lowest BCUT2D eigenvalue weighted by Gasteiger charge is -2.25. The Labute approximate surface area is 127 Å². The van der Waals surface area contributed by atoms with Gasteiger partial charge in [-0.2, -0.15) is 0 Å². The van der Waals surface area contributed by atoms with Crippen LogP contribution in [-0.2, 0) is 9.53 Å². The first-order valence-corrected chi connectivity index (χ1v) is 7.35. The minimum Gasteiger partial charge on any atom is -0.466 e. The number of hydrogen-bond acceptors (Lipinski definition) is 3. The second-order valence-electron chi connectivity index (χ2n) is 4.63. The zero-order chi connectivity index (χ0) is 14.6. The molecular weight excluding hydrogens is 332 g/mol. The molecule has 0 aromatic heterocycles. The predicted molar refractivity (Wildman–Crippen MR) is 79.1 cm³/mol. The van der Waals surface area contributed by atoms with Crippen LogP contribution >= 0.6 is 27.5 Å². The van der Waals surface area contributed by atoms with E-state index < -0.39 is 18.0 Å². The van der Waals surface area contributed by atoms with Crippen molar-refractivity contribution in [3.05, 3.63) is 33.3 Å². The number of aliphatic hydroxyl groups excluding tert-OH is 1. The summed E-state index contributed by atoms with van der Waals surface area (Å²) in [5.41, 5.74) is 0.530. The monoisotopic (exact) mass is 348 g/mol. The van der Waals surface area contributed by atoms with Crippen LogP contribution < -0.4 is 0 Å². The van der Waals surface area contributed by atoms with Crippen LogP contribution in [0.5, 0.6) is 0 Å². The molecule has 0 aliphatic carbocycles. The first kappa shape index (κ1) is 16.5. The number of carbonyl (C=O) groups is 1. The van der Waals surface area contributed by atoms with Gasteiger partial charge in [0.2, 0.25) is 0 Å². The average Bonchev–Trinajstić information content (AvgIpc) is 2.32. The summed E-state index contributed by atoms with van der Waals surface area (Å²) in [5, 5.41) is 10.9. The van der Waals surface area contributed by atoms with Crippen LogP contribution in [-0.4, -0.2) is 17.7 Å². The van der Waals surface area contributed by atoms with Crippen LogP contribution in [0.3, 0.4) is 0 Å². The molecule has 5 heteroatoms. The summed E-state index contributed by atoms with van der Waals surface area (Å²) < 4.78 is 5.83. The standard InChI is InChI=1S/C14H18BrClO3/c1-4-19-14(18)12(8(2)3)13(17)10-7-9(15)5-6-11(10)16/h5-8,12-13,17H,4H2,1-3H3. The molecule has 1 aromatic rings. The van der Waals surface area contributed by atoms with Crippen LogP contribution in [0, 0.1) is 11.8 Å². The maximum Gasteiger partial charge on any atom is 0.312 e. The lowest BCUT2D eigenvalue weighted by Crippen LogP contribution is -2.29. The minimum absolute atomic E-state index is 0.0518. The second-order valence-corrected chi connectivity index (χ2v) is 5.96. The molecule has 0 aliphatic heterocycles. The summed E-state index contributed by atoms with van der Waals surface area (Å²) in [7, 11) is 0. The topological polar surface area (TPSA) is 46.5 Å². The number of hydrogen-bond donors (Lipinski definition) is 1. The van der Waals surface area contributed by atoms with Crippen molar-refractivity contribution in [2.45, 2.75) is 26.9 Å². The van der Waals surface area contributed by atoms with Crippen LogP contribution in [0.25, 0.3) is 0 Å². The van der Waals surface area contributed by atoms with Crippen molar-refractivity contribution < 1.29 is 14.6 Å². The minimum atomic E-state index is -0.982. The second kappa shape index (κ2) is 7.27. The van der Waals surface area contributed by atoms with Crippen LogP contribution in [0.2, 0.25) is 5.02 Å². The van der Waals surface area contributed by atoms with E-state index in [4.69, 9.17) is 16.3 Å². The van der Waals surface area contributed by atoms with Gasteiger partial charge in [0.25, 0.3) is 0 Å². The highest BCUT2D eigenvalue weighted by Gasteiger charge is 2.33. The third-order valence-electron chi connectivity index (χ3n) is 2.89. The highest BCUT2D eigenvalue weighted by molar-refractivity contribution is 9.10. The molecule has 0 saturated heterocycles. The highest BCUT2D eigenvalue weighted by Crippen LogP contribution is 2.34. The van der Waals surface area contributed by atoms with Gasteiger partial charge in [0.1, 0.15) is 0 Å². The molecule has 1 rings (SSSR count). The maximum atomic E-state index is 12.0. The van der Waals surface area contributed by atoms with E-state index in [1.807, 2.05) is 13.8 Å². The van der Waals surface area contributed by atoms with Gasteiger partial charge in [0.05, 0.1) is 18.6 Å². The van der Waals surface area contributed by atoms with E-state index in [1.54, 1.807) is 25.1 Å². The molecule has 2 atom stereocenters. The first-order valence-electron chi connectivity index (χ1n) is 6.18. The first-order chi connectivity index (χ1) is 8.88. The number of esters is 1. The molecule has 0 aliphatic rings. The van der Waals surface area contributed by atoms with E-state index in [-0.39, 0.29) is 5.92 Å². The SMILES string of the molecule is CCOC(=O)C(C(C)C)C(O)c1cc(Br)ccc1Cl. The van der Waals surface area contributed by atoms with Crippen LogP contribution in [0.1, 0.15) is 32.4 Å². The maximum absolute atomic E-state index is 12.0. The van der Waals surface area contributed by atoms with Gasteiger partial charge >= 0.3 is 5.97 Å². The zero-order valence-electron chi connectivity index (χ0n) is 11.2. The summed E-state index contributed by atoms with van der Waals surface area (Å²) in [6.45, 7) is 5.78. The highest BCUT2D eigenvalue weighted by atomic mass is 79.9. The van der Waals surface area contributed by atoms with Gasteiger partial charge in [0.15, 0.2) is 0 Å². The lowest BCUT2D eigenvalue weighted by atomic mass is 9.86. The summed E-state index contributed by atoms with van der Waals surface area (Å²) in [5.74, 6) is -1.09. The van der Waals surface area contributed by atoms with E-state index in [2.05, 4.69) is 15.9 Å². The number of ether oxygens (including phenoxy) is 1. The molecule has 0 fully saturated rings. The molecule has 1 aromatic carbocycles. The van der Waals surface area contributed by atoms with E-state index in [0.29, 0.717) is 17.2 Å². The Morgan fingerprint density at radius 3 is 2.63 bits per heavy atom. The van der Waals surface area contributed by atoms with E-state index in [9.17, 15) is 9.90 Å². The Bertz CT molecular complexity index is 448. The fourth-order valence-corrected chi connectivity index (χ4v) is 2.55. The Hall–Kier alpha value is -0.580. The predicted octanol–water partition coefficient (Wildman–Crippen LogP) is 3.97. The fraction of sp³-hybridized carbons (Fsp3) is 0.500. The Morgan fingerprint density at radius 2 is 2.11 bits per heavy atom. The molecule has 106 valence electrons. The van der Waals surface area contributed by atoms with Crippen molar-refractivity contribution in [3.63, 3.8) is 0 Å². The Morgan fingerprint density at radius 1 is 1.47 bits per heavy atom. The van der Waals surface area contributed by atoms with Gasteiger partial charge in [-0.25, -0.2) is 0 Å². The molecule has 2 unspecified atom stereocenters. The van der Waals surface area contributed by atoms with Crippen molar-refractivity contribution in [2.24, 2.45) is 11.8 Å². The quantitative estimate of drug-likeness (QED) is 0.818. The van der Waals surface area contributed by atoms with Crippen molar-refractivity contribution in [2.75, 3.05) is 6.61 Å². The molecule has 1 N–H and O–H groups in total. The van der Waals surface area contributed by atoms with Crippen molar-refractivity contribution >= 4 is 33.5 Å². The third kappa shape index (κ3) is 4.20. The van der Waals surface area contributed by atoms with Crippen molar-refractivity contribution in [1.29, 1.82) is 0 Å². The van der Waals surface area contributed by atoms with E-state index in [1.165, 1.54) is 0 Å². The van der Waals surface area contributed by atoms with Gasteiger partial charge in [-0.3, -0.25) is 4.79 Å². The van der Waals surface area contributed by atoms with Crippen LogP contribution in [0.15, 0.2) is 22.7 Å². The fourth-order valence-electron chi connectivity index (χ4n) is 1.94. The molecule has 0 amide bonds. The van der Waals surface area contributed by atoms with Crippen molar-refractivity contribution in [1.82, 2.24) is 0 Å². The van der Waals surface area contributed by atoms with Crippen molar-refractivity contribution in [3.8, 4) is 0 Å². The smallest absolute Gasteiger partial charge is 0.312 e. The number of carbonyl (C=O) groups excluding carboxylic acids is 1. The molecule has 0 bridgehead atoms. The molecule has 0 heterocycles. The number of halogens is 2. The number of rotatable bonds is 5. The average molecular weight is 350 g/mol. The third-order valence-corrected chi connectivity index (χ3v) is 3.73. The van der Waals surface area contributed by atoms with Gasteiger partial charge in [0, 0.05) is 15.1 Å². The van der Waals surface area contributed by atoms with Gasteiger partial charge < -0.3 is 9.84 Å². The Balaban J connectivity index is 3.08. The number of benzene rings is 1.